The Labute approximate surface area is 127 Å². The molecule has 0 saturated heterocycles. The molecule has 0 heterocycles. The predicted molar refractivity (Wildman–Crippen MR) is 78.8 cm³/mol. The highest BCUT2D eigenvalue weighted by molar-refractivity contribution is 9.10. The van der Waals surface area contributed by atoms with Gasteiger partial charge in [-0.15, -0.1) is 0 Å². The average molecular weight is 391 g/mol. The van der Waals surface area contributed by atoms with Gasteiger partial charge in [0.25, 0.3) is 0 Å². The summed E-state index contributed by atoms with van der Waals surface area (Å²) in [5.41, 5.74) is 7.48. The van der Waals surface area contributed by atoms with Crippen LogP contribution in [-0.2, 0) is 6.42 Å². The van der Waals surface area contributed by atoms with E-state index >= 15 is 0 Å². The van der Waals surface area contributed by atoms with Crippen LogP contribution in [0.4, 0.5) is 8.78 Å². The molecule has 0 amide bonds. The van der Waals surface area contributed by atoms with Crippen molar-refractivity contribution >= 4 is 31.9 Å². The topological polar surface area (TPSA) is 26.0 Å². The van der Waals surface area contributed by atoms with E-state index in [1.807, 2.05) is 0 Å². The van der Waals surface area contributed by atoms with E-state index in [9.17, 15) is 8.78 Å². The van der Waals surface area contributed by atoms with Gasteiger partial charge in [-0.25, -0.2) is 8.78 Å². The van der Waals surface area contributed by atoms with Crippen LogP contribution in [0.15, 0.2) is 45.3 Å². The van der Waals surface area contributed by atoms with Gasteiger partial charge in [0.2, 0.25) is 0 Å². The van der Waals surface area contributed by atoms with Gasteiger partial charge in [0.15, 0.2) is 0 Å². The molecule has 5 heteroatoms. The Balaban J connectivity index is 2.22. The van der Waals surface area contributed by atoms with Crippen LogP contribution >= 0.6 is 31.9 Å². The van der Waals surface area contributed by atoms with Crippen molar-refractivity contribution in [3.05, 3.63) is 68.1 Å². The van der Waals surface area contributed by atoms with Crippen LogP contribution in [0.3, 0.4) is 0 Å². The number of rotatable bonds is 3. The van der Waals surface area contributed by atoms with Crippen LogP contribution in [0.2, 0.25) is 0 Å². The van der Waals surface area contributed by atoms with E-state index in [0.717, 1.165) is 5.56 Å². The second-order valence-corrected chi connectivity index (χ2v) is 6.12. The second-order valence-electron chi connectivity index (χ2n) is 4.29. The summed E-state index contributed by atoms with van der Waals surface area (Å²) in [7, 11) is 0. The average Bonchev–Trinajstić information content (AvgIpc) is 2.25. The Hall–Kier alpha value is -0.780. The van der Waals surface area contributed by atoms with Crippen LogP contribution in [-0.4, -0.2) is 0 Å². The standard InChI is InChI=1S/C14H11Br2F2N/c15-10-1-8(2-12(17)6-10)3-14(19)9-4-11(16)7-13(18)5-9/h1-2,4-7,14H,3,19H2. The molecule has 2 N–H and O–H groups in total. The molecule has 1 unspecified atom stereocenters. The molecule has 0 bridgehead atoms. The Kier molecular flexibility index (Phi) is 4.71. The molecule has 0 saturated carbocycles. The summed E-state index contributed by atoms with van der Waals surface area (Å²) in [5, 5.41) is 0. The third-order valence-electron chi connectivity index (χ3n) is 2.69. The maximum Gasteiger partial charge on any atom is 0.124 e. The van der Waals surface area contributed by atoms with Gasteiger partial charge in [-0.2, -0.15) is 0 Å². The van der Waals surface area contributed by atoms with Crippen LogP contribution in [0.25, 0.3) is 0 Å². The molecular weight excluding hydrogens is 380 g/mol. The summed E-state index contributed by atoms with van der Waals surface area (Å²) < 4.78 is 27.9. The van der Waals surface area contributed by atoms with E-state index in [-0.39, 0.29) is 17.7 Å². The van der Waals surface area contributed by atoms with E-state index in [0.29, 0.717) is 20.9 Å². The van der Waals surface area contributed by atoms with Crippen LogP contribution in [0.1, 0.15) is 17.2 Å². The third kappa shape index (κ3) is 4.09. The van der Waals surface area contributed by atoms with Crippen LogP contribution in [0.5, 0.6) is 0 Å². The molecule has 1 atom stereocenters. The minimum absolute atomic E-state index is 0.322. The summed E-state index contributed by atoms with van der Waals surface area (Å²) in [5.74, 6) is -0.669. The zero-order valence-corrected chi connectivity index (χ0v) is 13.0. The lowest BCUT2D eigenvalue weighted by molar-refractivity contribution is 0.612. The Morgan fingerprint density at radius 3 is 2.05 bits per heavy atom. The molecule has 0 aliphatic carbocycles. The van der Waals surface area contributed by atoms with Gasteiger partial charge in [0, 0.05) is 15.0 Å². The maximum absolute atomic E-state index is 13.3. The minimum atomic E-state index is -0.388. The molecule has 19 heavy (non-hydrogen) atoms. The molecule has 0 spiro atoms. The van der Waals surface area contributed by atoms with Gasteiger partial charge in [0.1, 0.15) is 11.6 Å². The number of benzene rings is 2. The highest BCUT2D eigenvalue weighted by Crippen LogP contribution is 2.23. The fraction of sp³-hybridized carbons (Fsp3) is 0.143. The summed E-state index contributed by atoms with van der Waals surface area (Å²) >= 11 is 6.46. The van der Waals surface area contributed by atoms with Crippen molar-refractivity contribution < 1.29 is 8.78 Å². The van der Waals surface area contributed by atoms with Crippen molar-refractivity contribution in [3.63, 3.8) is 0 Å². The van der Waals surface area contributed by atoms with Crippen molar-refractivity contribution in [1.82, 2.24) is 0 Å². The Morgan fingerprint density at radius 1 is 0.895 bits per heavy atom. The summed E-state index contributed by atoms with van der Waals surface area (Å²) in [6.45, 7) is 0. The van der Waals surface area contributed by atoms with Gasteiger partial charge >= 0.3 is 0 Å². The Bertz CT molecular complexity index is 561. The molecule has 0 fully saturated rings. The molecule has 100 valence electrons. The largest absolute Gasteiger partial charge is 0.324 e. The van der Waals surface area contributed by atoms with Crippen LogP contribution in [0, 0.1) is 11.6 Å². The maximum atomic E-state index is 13.3. The quantitative estimate of drug-likeness (QED) is 0.805. The zero-order chi connectivity index (χ0) is 14.0. The molecule has 0 aromatic heterocycles. The lowest BCUT2D eigenvalue weighted by atomic mass is 9.99. The molecule has 0 aliphatic rings. The monoisotopic (exact) mass is 389 g/mol. The van der Waals surface area contributed by atoms with Gasteiger partial charge in [-0.1, -0.05) is 31.9 Å². The predicted octanol–water partition coefficient (Wildman–Crippen LogP) is 4.73. The summed E-state index contributed by atoms with van der Waals surface area (Å²) in [6.07, 6.45) is 0.437. The number of nitrogens with two attached hydrogens (primary N) is 1. The van der Waals surface area contributed by atoms with E-state index in [2.05, 4.69) is 31.9 Å². The molecule has 0 aliphatic heterocycles. The van der Waals surface area contributed by atoms with E-state index in [1.165, 1.54) is 24.3 Å². The number of hydrogen-bond acceptors (Lipinski definition) is 1. The first kappa shape index (κ1) is 14.6. The van der Waals surface area contributed by atoms with E-state index in [1.54, 1.807) is 12.1 Å². The second kappa shape index (κ2) is 6.11. The van der Waals surface area contributed by atoms with Crippen LogP contribution < -0.4 is 5.73 Å². The van der Waals surface area contributed by atoms with Crippen molar-refractivity contribution in [3.8, 4) is 0 Å². The first-order valence-corrected chi connectivity index (χ1v) is 7.19. The first-order valence-electron chi connectivity index (χ1n) is 5.60. The van der Waals surface area contributed by atoms with Crippen molar-refractivity contribution in [2.75, 3.05) is 0 Å². The summed E-state index contributed by atoms with van der Waals surface area (Å²) in [6, 6.07) is 8.76. The van der Waals surface area contributed by atoms with Crippen molar-refractivity contribution in [1.29, 1.82) is 0 Å². The fourth-order valence-corrected chi connectivity index (χ4v) is 2.89. The highest BCUT2D eigenvalue weighted by atomic mass is 79.9. The molecule has 0 radical (unpaired) electrons. The molecule has 2 aromatic carbocycles. The van der Waals surface area contributed by atoms with Crippen molar-refractivity contribution in [2.24, 2.45) is 5.73 Å². The van der Waals surface area contributed by atoms with Gasteiger partial charge in [0.05, 0.1) is 0 Å². The van der Waals surface area contributed by atoms with Gasteiger partial charge in [-0.3, -0.25) is 0 Å². The Morgan fingerprint density at radius 2 is 1.47 bits per heavy atom. The smallest absolute Gasteiger partial charge is 0.124 e. The SMILES string of the molecule is NC(Cc1cc(F)cc(Br)c1)c1cc(F)cc(Br)c1. The van der Waals surface area contributed by atoms with Crippen molar-refractivity contribution in [2.45, 2.75) is 12.5 Å². The molecular formula is C14H11Br2F2N. The first-order chi connectivity index (χ1) is 8.94. The minimum Gasteiger partial charge on any atom is -0.324 e. The van der Waals surface area contributed by atoms with E-state index in [4.69, 9.17) is 5.73 Å². The zero-order valence-electron chi connectivity index (χ0n) is 9.84. The number of halogens is 4. The van der Waals surface area contributed by atoms with E-state index < -0.39 is 0 Å². The molecule has 2 aromatic rings. The molecule has 2 rings (SSSR count). The number of hydrogen-bond donors (Lipinski definition) is 1. The van der Waals surface area contributed by atoms with Gasteiger partial charge < -0.3 is 5.73 Å². The third-order valence-corrected chi connectivity index (χ3v) is 3.61. The lowest BCUT2D eigenvalue weighted by Crippen LogP contribution is -2.13. The normalized spacial score (nSPS) is 12.5. The lowest BCUT2D eigenvalue weighted by Gasteiger charge is -2.13. The highest BCUT2D eigenvalue weighted by Gasteiger charge is 2.10. The molecule has 1 nitrogen and oxygen atoms in total. The summed E-state index contributed by atoms with van der Waals surface area (Å²) in [4.78, 5) is 0. The fourth-order valence-electron chi connectivity index (χ4n) is 1.89. The van der Waals surface area contributed by atoms with Gasteiger partial charge in [-0.05, 0) is 53.9 Å².